The van der Waals surface area contributed by atoms with Gasteiger partial charge in [0.1, 0.15) is 0 Å². The molecule has 2 aromatic carbocycles. The van der Waals surface area contributed by atoms with Crippen molar-refractivity contribution in [3.63, 3.8) is 0 Å². The number of esters is 1. The van der Waals surface area contributed by atoms with Crippen LogP contribution in [0.15, 0.2) is 72.8 Å². The lowest BCUT2D eigenvalue weighted by atomic mass is 10.0. The van der Waals surface area contributed by atoms with Gasteiger partial charge in [0.15, 0.2) is 0 Å². The maximum absolute atomic E-state index is 11.7. The molecule has 0 saturated heterocycles. The molecule has 0 bridgehead atoms. The van der Waals surface area contributed by atoms with Gasteiger partial charge >= 0.3 is 5.97 Å². The second kappa shape index (κ2) is 11.1. The van der Waals surface area contributed by atoms with Crippen molar-refractivity contribution >= 4 is 5.97 Å². The van der Waals surface area contributed by atoms with Crippen molar-refractivity contribution in [3.8, 4) is 28.3 Å². The topological polar surface area (TPSA) is 48.4 Å². The molecule has 0 N–H and O–H groups in total. The zero-order valence-electron chi connectivity index (χ0n) is 17.7. The van der Waals surface area contributed by atoms with Crippen LogP contribution in [0.2, 0.25) is 0 Å². The second-order valence-corrected chi connectivity index (χ2v) is 7.31. The number of rotatable bonds is 10. The van der Waals surface area contributed by atoms with Gasteiger partial charge in [0.2, 0.25) is 5.88 Å². The van der Waals surface area contributed by atoms with E-state index in [2.05, 4.69) is 30.3 Å². The molecule has 0 aliphatic carbocycles. The number of aromatic nitrogens is 1. The third kappa shape index (κ3) is 6.18. The van der Waals surface area contributed by atoms with E-state index in [0.717, 1.165) is 41.6 Å². The maximum Gasteiger partial charge on any atom is 0.308 e. The molecule has 0 saturated carbocycles. The minimum atomic E-state index is -0.122. The Morgan fingerprint density at radius 2 is 1.57 bits per heavy atom. The summed E-state index contributed by atoms with van der Waals surface area (Å²) in [6.45, 7) is 4.74. The van der Waals surface area contributed by atoms with Crippen LogP contribution in [0.5, 0.6) is 5.88 Å². The summed E-state index contributed by atoms with van der Waals surface area (Å²) in [5.74, 6) is 0.422. The zero-order chi connectivity index (χ0) is 21.2. The van der Waals surface area contributed by atoms with Crippen molar-refractivity contribution in [3.05, 3.63) is 72.8 Å². The van der Waals surface area contributed by atoms with Crippen LogP contribution in [0, 0.1) is 5.92 Å². The van der Waals surface area contributed by atoms with Gasteiger partial charge in [-0.1, -0.05) is 67.6 Å². The number of benzene rings is 2. The molecular formula is C26H29NO3. The molecule has 0 spiro atoms. The van der Waals surface area contributed by atoms with E-state index in [0.29, 0.717) is 19.1 Å². The number of ether oxygens (including phenoxy) is 2. The number of carbonyl (C=O) groups excluding carboxylic acids is 1. The number of unbranched alkanes of at least 4 members (excludes halogenated alkanes) is 1. The lowest BCUT2D eigenvalue weighted by Gasteiger charge is -2.12. The fourth-order valence-corrected chi connectivity index (χ4v) is 3.26. The van der Waals surface area contributed by atoms with E-state index in [4.69, 9.17) is 14.5 Å². The van der Waals surface area contributed by atoms with Crippen LogP contribution in [-0.2, 0) is 9.53 Å². The first-order valence-corrected chi connectivity index (χ1v) is 10.6. The molecule has 3 rings (SSSR count). The van der Waals surface area contributed by atoms with Gasteiger partial charge in [-0.3, -0.25) is 4.79 Å². The lowest BCUT2D eigenvalue weighted by Crippen LogP contribution is -2.14. The Morgan fingerprint density at radius 1 is 0.900 bits per heavy atom. The molecule has 30 heavy (non-hydrogen) atoms. The van der Waals surface area contributed by atoms with Crippen LogP contribution in [0.3, 0.4) is 0 Å². The first kappa shape index (κ1) is 21.6. The average molecular weight is 404 g/mol. The highest BCUT2D eigenvalue weighted by atomic mass is 16.5. The normalized spacial score (nSPS) is 11.7. The highest BCUT2D eigenvalue weighted by molar-refractivity contribution is 5.72. The standard InChI is InChI=1S/C26H29NO3/c1-3-29-26(28)20(2)12-10-11-17-30-25-19-23(21-13-6-4-7-14-21)18-24(27-25)22-15-8-5-9-16-22/h4-9,13-16,18-20H,3,10-12,17H2,1-2H3. The molecule has 4 heteroatoms. The predicted molar refractivity (Wildman–Crippen MR) is 120 cm³/mol. The molecule has 0 fully saturated rings. The summed E-state index contributed by atoms with van der Waals surface area (Å²) >= 11 is 0. The van der Waals surface area contributed by atoms with Crippen LogP contribution in [-0.4, -0.2) is 24.2 Å². The summed E-state index contributed by atoms with van der Waals surface area (Å²) in [5, 5.41) is 0. The largest absolute Gasteiger partial charge is 0.478 e. The molecule has 0 aliphatic heterocycles. The molecule has 0 radical (unpaired) electrons. The summed E-state index contributed by atoms with van der Waals surface area (Å²) in [6.07, 6.45) is 2.57. The molecular weight excluding hydrogens is 374 g/mol. The Kier molecular flexibility index (Phi) is 8.02. The van der Waals surface area contributed by atoms with Gasteiger partial charge in [-0.15, -0.1) is 0 Å². The van der Waals surface area contributed by atoms with Crippen molar-refractivity contribution in [2.75, 3.05) is 13.2 Å². The molecule has 1 unspecified atom stereocenters. The molecule has 1 atom stereocenters. The second-order valence-electron chi connectivity index (χ2n) is 7.31. The van der Waals surface area contributed by atoms with Crippen LogP contribution in [0.4, 0.5) is 0 Å². The third-order valence-electron chi connectivity index (χ3n) is 4.95. The predicted octanol–water partition coefficient (Wildman–Crippen LogP) is 6.16. The number of carbonyl (C=O) groups is 1. The highest BCUT2D eigenvalue weighted by Gasteiger charge is 2.13. The van der Waals surface area contributed by atoms with Crippen LogP contribution in [0.25, 0.3) is 22.4 Å². The van der Waals surface area contributed by atoms with E-state index < -0.39 is 0 Å². The van der Waals surface area contributed by atoms with Gasteiger partial charge in [-0.25, -0.2) is 4.98 Å². The van der Waals surface area contributed by atoms with Gasteiger partial charge in [0.05, 0.1) is 24.8 Å². The van der Waals surface area contributed by atoms with Crippen molar-refractivity contribution in [2.24, 2.45) is 5.92 Å². The molecule has 0 amide bonds. The Balaban J connectivity index is 1.66. The monoisotopic (exact) mass is 403 g/mol. The summed E-state index contributed by atoms with van der Waals surface area (Å²) < 4.78 is 11.1. The van der Waals surface area contributed by atoms with Crippen molar-refractivity contribution in [1.29, 1.82) is 0 Å². The van der Waals surface area contributed by atoms with Crippen LogP contribution >= 0.6 is 0 Å². The highest BCUT2D eigenvalue weighted by Crippen LogP contribution is 2.28. The molecule has 1 heterocycles. The molecule has 0 aliphatic rings. The average Bonchev–Trinajstić information content (AvgIpc) is 2.80. The third-order valence-corrected chi connectivity index (χ3v) is 4.95. The summed E-state index contributed by atoms with van der Waals surface area (Å²) in [7, 11) is 0. The van der Waals surface area contributed by atoms with Crippen molar-refractivity contribution < 1.29 is 14.3 Å². The van der Waals surface area contributed by atoms with E-state index in [9.17, 15) is 4.79 Å². The number of hydrogen-bond donors (Lipinski definition) is 0. The lowest BCUT2D eigenvalue weighted by molar-refractivity contribution is -0.147. The van der Waals surface area contributed by atoms with Gasteiger partial charge in [0, 0.05) is 11.6 Å². The first-order chi connectivity index (χ1) is 14.7. The minimum Gasteiger partial charge on any atom is -0.478 e. The minimum absolute atomic E-state index is 0.0748. The van der Waals surface area contributed by atoms with Gasteiger partial charge < -0.3 is 9.47 Å². The quantitative estimate of drug-likeness (QED) is 0.300. The van der Waals surface area contributed by atoms with Gasteiger partial charge in [-0.05, 0) is 43.4 Å². The molecule has 4 nitrogen and oxygen atoms in total. The summed E-state index contributed by atoms with van der Waals surface area (Å²) in [5.41, 5.74) is 4.16. The van der Waals surface area contributed by atoms with E-state index in [1.165, 1.54) is 0 Å². The smallest absolute Gasteiger partial charge is 0.308 e. The molecule has 156 valence electrons. The first-order valence-electron chi connectivity index (χ1n) is 10.6. The van der Waals surface area contributed by atoms with E-state index in [-0.39, 0.29) is 11.9 Å². The maximum atomic E-state index is 11.7. The van der Waals surface area contributed by atoms with Crippen LogP contribution < -0.4 is 4.74 Å². The Labute approximate surface area is 178 Å². The fraction of sp³-hybridized carbons (Fsp3) is 0.308. The fourth-order valence-electron chi connectivity index (χ4n) is 3.26. The van der Waals surface area contributed by atoms with E-state index >= 15 is 0 Å². The SMILES string of the molecule is CCOC(=O)C(C)CCCCOc1cc(-c2ccccc2)cc(-c2ccccc2)n1. The van der Waals surface area contributed by atoms with Crippen molar-refractivity contribution in [1.82, 2.24) is 4.98 Å². The van der Waals surface area contributed by atoms with Crippen molar-refractivity contribution in [2.45, 2.75) is 33.1 Å². The van der Waals surface area contributed by atoms with E-state index in [1.807, 2.05) is 56.3 Å². The Bertz CT molecular complexity index is 868. The van der Waals surface area contributed by atoms with Crippen LogP contribution in [0.1, 0.15) is 33.1 Å². The number of nitrogens with zero attached hydrogens (tertiary/aromatic N) is 1. The number of pyridine rings is 1. The van der Waals surface area contributed by atoms with Gasteiger partial charge in [0.25, 0.3) is 0 Å². The molecule has 3 aromatic rings. The molecule has 1 aromatic heterocycles. The number of hydrogen-bond acceptors (Lipinski definition) is 4. The summed E-state index contributed by atoms with van der Waals surface area (Å²) in [6, 6.07) is 24.5. The Morgan fingerprint density at radius 3 is 2.23 bits per heavy atom. The Hall–Kier alpha value is -3.14. The zero-order valence-corrected chi connectivity index (χ0v) is 17.7. The van der Waals surface area contributed by atoms with E-state index in [1.54, 1.807) is 0 Å². The summed E-state index contributed by atoms with van der Waals surface area (Å²) in [4.78, 5) is 16.4. The van der Waals surface area contributed by atoms with Gasteiger partial charge in [-0.2, -0.15) is 0 Å².